The Balaban J connectivity index is 1.75. The summed E-state index contributed by atoms with van der Waals surface area (Å²) in [6, 6.07) is 1.70. The second kappa shape index (κ2) is 6.75. The molecule has 0 spiro atoms. The molecule has 2 aliphatic rings. The average molecular weight is 238 g/mol. The van der Waals surface area contributed by atoms with Crippen molar-refractivity contribution in [3.8, 4) is 0 Å². The molecule has 100 valence electrons. The van der Waals surface area contributed by atoms with E-state index in [0.29, 0.717) is 0 Å². The molecule has 2 fully saturated rings. The zero-order valence-electron chi connectivity index (χ0n) is 11.8. The Kier molecular flexibility index (Phi) is 5.30. The Morgan fingerprint density at radius 1 is 1.12 bits per heavy atom. The fourth-order valence-electron chi connectivity index (χ4n) is 2.83. The third-order valence-corrected chi connectivity index (χ3v) is 4.17. The molecule has 1 N–H and O–H groups in total. The lowest BCUT2D eigenvalue weighted by Crippen LogP contribution is -2.42. The van der Waals surface area contributed by atoms with Crippen LogP contribution in [0.25, 0.3) is 0 Å². The molecule has 0 radical (unpaired) electrons. The van der Waals surface area contributed by atoms with E-state index >= 15 is 0 Å². The van der Waals surface area contributed by atoms with Crippen LogP contribution in [-0.4, -0.2) is 36.6 Å². The van der Waals surface area contributed by atoms with Gasteiger partial charge in [0.05, 0.1) is 0 Å². The molecular weight excluding hydrogens is 208 g/mol. The number of rotatable bonds is 6. The van der Waals surface area contributed by atoms with Gasteiger partial charge in [-0.05, 0) is 51.1 Å². The lowest BCUT2D eigenvalue weighted by Gasteiger charge is -2.28. The molecule has 2 nitrogen and oxygen atoms in total. The van der Waals surface area contributed by atoms with Gasteiger partial charge in [0.15, 0.2) is 0 Å². The van der Waals surface area contributed by atoms with Crippen LogP contribution in [0.5, 0.6) is 0 Å². The second-order valence-corrected chi connectivity index (χ2v) is 6.41. The van der Waals surface area contributed by atoms with Gasteiger partial charge in [-0.1, -0.05) is 26.7 Å². The summed E-state index contributed by atoms with van der Waals surface area (Å²) in [5.41, 5.74) is 0. The average Bonchev–Trinajstić information content (AvgIpc) is 3.11. The Bertz CT molecular complexity index is 203. The minimum atomic E-state index is 0.769. The molecule has 0 amide bonds. The first-order valence-electron chi connectivity index (χ1n) is 7.73. The van der Waals surface area contributed by atoms with Crippen molar-refractivity contribution in [1.29, 1.82) is 0 Å². The van der Waals surface area contributed by atoms with E-state index in [9.17, 15) is 0 Å². The first-order chi connectivity index (χ1) is 8.25. The molecule has 2 heteroatoms. The quantitative estimate of drug-likeness (QED) is 0.765. The highest BCUT2D eigenvalue weighted by Gasteiger charge is 2.30. The summed E-state index contributed by atoms with van der Waals surface area (Å²) < 4.78 is 0. The van der Waals surface area contributed by atoms with Gasteiger partial charge in [-0.25, -0.2) is 0 Å². The maximum atomic E-state index is 3.74. The van der Waals surface area contributed by atoms with E-state index < -0.39 is 0 Å². The summed E-state index contributed by atoms with van der Waals surface area (Å²) in [6.07, 6.45) is 9.90. The van der Waals surface area contributed by atoms with Crippen molar-refractivity contribution in [2.45, 2.75) is 70.9 Å². The van der Waals surface area contributed by atoms with E-state index in [1.807, 2.05) is 0 Å². The lowest BCUT2D eigenvalue weighted by molar-refractivity contribution is 0.218. The van der Waals surface area contributed by atoms with E-state index in [-0.39, 0.29) is 0 Å². The molecule has 0 bridgehead atoms. The van der Waals surface area contributed by atoms with E-state index in [4.69, 9.17) is 0 Å². The maximum absolute atomic E-state index is 3.74. The van der Waals surface area contributed by atoms with Gasteiger partial charge in [0, 0.05) is 18.6 Å². The molecule has 0 aromatic heterocycles. The van der Waals surface area contributed by atoms with E-state index in [1.165, 1.54) is 64.6 Å². The maximum Gasteiger partial charge on any atom is 0.0195 e. The fraction of sp³-hybridized carbons (Fsp3) is 1.00. The summed E-state index contributed by atoms with van der Waals surface area (Å²) >= 11 is 0. The molecule has 1 unspecified atom stereocenters. The van der Waals surface area contributed by atoms with Crippen molar-refractivity contribution in [2.75, 3.05) is 19.6 Å². The van der Waals surface area contributed by atoms with Crippen LogP contribution in [0.3, 0.4) is 0 Å². The highest BCUT2D eigenvalue weighted by atomic mass is 15.2. The summed E-state index contributed by atoms with van der Waals surface area (Å²) in [5.74, 6) is 0.846. The SMILES string of the molecule is CC(C)CCN(CC1CCCCCN1)C1CC1. The number of nitrogens with one attached hydrogen (secondary N) is 1. The molecule has 1 aliphatic heterocycles. The van der Waals surface area contributed by atoms with Gasteiger partial charge in [0.2, 0.25) is 0 Å². The first-order valence-corrected chi connectivity index (χ1v) is 7.73. The Morgan fingerprint density at radius 3 is 2.65 bits per heavy atom. The molecule has 2 rings (SSSR count). The van der Waals surface area contributed by atoms with E-state index in [2.05, 4.69) is 24.1 Å². The minimum Gasteiger partial charge on any atom is -0.313 e. The molecule has 17 heavy (non-hydrogen) atoms. The molecular formula is C15H30N2. The normalized spacial score (nSPS) is 26.5. The smallest absolute Gasteiger partial charge is 0.0195 e. The van der Waals surface area contributed by atoms with Gasteiger partial charge >= 0.3 is 0 Å². The van der Waals surface area contributed by atoms with Gasteiger partial charge in [-0.3, -0.25) is 4.90 Å². The summed E-state index contributed by atoms with van der Waals surface area (Å²) in [4.78, 5) is 2.77. The van der Waals surface area contributed by atoms with Crippen molar-refractivity contribution in [3.05, 3.63) is 0 Å². The van der Waals surface area contributed by atoms with Crippen LogP contribution in [0.4, 0.5) is 0 Å². The molecule has 1 heterocycles. The topological polar surface area (TPSA) is 15.3 Å². The van der Waals surface area contributed by atoms with Gasteiger partial charge in [0.25, 0.3) is 0 Å². The van der Waals surface area contributed by atoms with Crippen LogP contribution in [0.1, 0.15) is 58.8 Å². The predicted octanol–water partition coefficient (Wildman–Crippen LogP) is 3.03. The predicted molar refractivity (Wildman–Crippen MR) is 74.3 cm³/mol. The minimum absolute atomic E-state index is 0.769. The lowest BCUT2D eigenvalue weighted by atomic mass is 10.1. The number of hydrogen-bond donors (Lipinski definition) is 1. The zero-order valence-corrected chi connectivity index (χ0v) is 11.8. The largest absolute Gasteiger partial charge is 0.313 e. The van der Waals surface area contributed by atoms with Gasteiger partial charge in [-0.15, -0.1) is 0 Å². The van der Waals surface area contributed by atoms with Crippen molar-refractivity contribution < 1.29 is 0 Å². The van der Waals surface area contributed by atoms with Crippen LogP contribution in [0.15, 0.2) is 0 Å². The van der Waals surface area contributed by atoms with Crippen LogP contribution >= 0.6 is 0 Å². The monoisotopic (exact) mass is 238 g/mol. The zero-order chi connectivity index (χ0) is 12.1. The van der Waals surface area contributed by atoms with Crippen LogP contribution in [0.2, 0.25) is 0 Å². The molecule has 0 aromatic rings. The number of nitrogens with zero attached hydrogens (tertiary/aromatic N) is 1. The summed E-state index contributed by atoms with van der Waals surface area (Å²) in [7, 11) is 0. The third-order valence-electron chi connectivity index (χ3n) is 4.17. The van der Waals surface area contributed by atoms with Gasteiger partial charge in [-0.2, -0.15) is 0 Å². The molecule has 1 atom stereocenters. The Morgan fingerprint density at radius 2 is 1.94 bits per heavy atom. The first kappa shape index (κ1) is 13.4. The van der Waals surface area contributed by atoms with E-state index in [0.717, 1.165) is 18.0 Å². The summed E-state index contributed by atoms with van der Waals surface area (Å²) in [6.45, 7) is 8.55. The highest BCUT2D eigenvalue weighted by Crippen LogP contribution is 2.28. The molecule has 1 saturated heterocycles. The summed E-state index contributed by atoms with van der Waals surface area (Å²) in [5, 5.41) is 3.74. The number of hydrogen-bond acceptors (Lipinski definition) is 2. The van der Waals surface area contributed by atoms with Crippen molar-refractivity contribution >= 4 is 0 Å². The van der Waals surface area contributed by atoms with Crippen molar-refractivity contribution in [1.82, 2.24) is 10.2 Å². The molecule has 1 saturated carbocycles. The Labute approximate surface area is 107 Å². The van der Waals surface area contributed by atoms with Crippen LogP contribution in [-0.2, 0) is 0 Å². The van der Waals surface area contributed by atoms with Crippen molar-refractivity contribution in [3.63, 3.8) is 0 Å². The molecule has 1 aliphatic carbocycles. The standard InChI is InChI=1S/C15H30N2/c1-13(2)9-11-17(15-7-8-15)12-14-6-4-3-5-10-16-14/h13-16H,3-12H2,1-2H3. The molecule has 0 aromatic carbocycles. The van der Waals surface area contributed by atoms with Crippen LogP contribution < -0.4 is 5.32 Å². The van der Waals surface area contributed by atoms with Crippen LogP contribution in [0, 0.1) is 5.92 Å². The fourth-order valence-corrected chi connectivity index (χ4v) is 2.83. The van der Waals surface area contributed by atoms with E-state index in [1.54, 1.807) is 0 Å². The van der Waals surface area contributed by atoms with Crippen molar-refractivity contribution in [2.24, 2.45) is 5.92 Å². The third kappa shape index (κ3) is 4.97. The van der Waals surface area contributed by atoms with Gasteiger partial charge in [0.1, 0.15) is 0 Å². The Hall–Kier alpha value is -0.0800. The second-order valence-electron chi connectivity index (χ2n) is 6.41. The van der Waals surface area contributed by atoms with Gasteiger partial charge < -0.3 is 5.32 Å². The highest BCUT2D eigenvalue weighted by molar-refractivity contribution is 4.87.